The van der Waals surface area contributed by atoms with Crippen molar-refractivity contribution in [3.05, 3.63) is 0 Å². The third-order valence-corrected chi connectivity index (χ3v) is 0.558. The molecule has 0 aromatic carbocycles. The summed E-state index contributed by atoms with van der Waals surface area (Å²) in [5.41, 5.74) is 9.64. The number of nitrogens with two attached hydrogens (primary N) is 2. The second-order valence-corrected chi connectivity index (χ2v) is 1.14. The predicted molar refractivity (Wildman–Crippen MR) is 58.0 cm³/mol. The molecule has 2 nitrogen and oxygen atoms in total. The monoisotopic (exact) mass is 354 g/mol. The summed E-state index contributed by atoms with van der Waals surface area (Å²) >= 11 is 0. The molecule has 0 spiro atoms. The molecule has 0 aliphatic carbocycles. The molecule has 0 saturated carbocycles. The minimum atomic E-state index is 0. The zero-order chi connectivity index (χ0) is 6.12. The van der Waals surface area contributed by atoms with Gasteiger partial charge in [0.15, 0.2) is 0 Å². The zero-order valence-electron chi connectivity index (χ0n) is 6.39. The Hall–Kier alpha value is 1.45. The van der Waals surface area contributed by atoms with E-state index < -0.39 is 0 Å². The van der Waals surface area contributed by atoms with E-state index in [0.717, 1.165) is 6.54 Å². The van der Waals surface area contributed by atoms with Crippen molar-refractivity contribution >= 4 is 47.9 Å². The van der Waals surface area contributed by atoms with Crippen LogP contribution in [0.4, 0.5) is 0 Å². The third-order valence-electron chi connectivity index (χ3n) is 0.558. The standard InChI is InChI=1S/C4H11N.CH5N.HI.Sn.2H/c1-2-3-4-5;1-2;;;;/h2-5H2,1H3;2H2,1H3;1H;;;. The second-order valence-electron chi connectivity index (χ2n) is 1.14. The quantitative estimate of drug-likeness (QED) is 0.544. The van der Waals surface area contributed by atoms with E-state index in [1.807, 2.05) is 0 Å². The number of halogens is 1. The van der Waals surface area contributed by atoms with E-state index in [4.69, 9.17) is 5.73 Å². The molecule has 2 radical (unpaired) electrons. The molecular formula is C5H19IN2Sn. The van der Waals surface area contributed by atoms with Gasteiger partial charge in [0.25, 0.3) is 0 Å². The van der Waals surface area contributed by atoms with E-state index in [0.29, 0.717) is 0 Å². The summed E-state index contributed by atoms with van der Waals surface area (Å²) < 4.78 is 0. The van der Waals surface area contributed by atoms with Crippen molar-refractivity contribution in [2.75, 3.05) is 13.6 Å². The molecule has 0 aromatic heterocycles. The summed E-state index contributed by atoms with van der Waals surface area (Å²) in [6, 6.07) is 0. The van der Waals surface area contributed by atoms with Gasteiger partial charge < -0.3 is 11.5 Å². The molecule has 0 aromatic rings. The maximum atomic E-state index is 5.14. The molecule has 0 rings (SSSR count). The Morgan fingerprint density at radius 3 is 1.56 bits per heavy atom. The van der Waals surface area contributed by atoms with Crippen molar-refractivity contribution in [1.82, 2.24) is 0 Å². The Labute approximate surface area is 92.1 Å². The summed E-state index contributed by atoms with van der Waals surface area (Å²) in [6.07, 6.45) is 2.39. The fourth-order valence-electron chi connectivity index (χ4n) is 0.204. The SMILES string of the molecule is CCCCN.CN.I.[SnH2]. The van der Waals surface area contributed by atoms with Gasteiger partial charge in [-0.15, -0.1) is 24.0 Å². The molecule has 0 atom stereocenters. The van der Waals surface area contributed by atoms with E-state index in [1.165, 1.54) is 19.9 Å². The van der Waals surface area contributed by atoms with Crippen molar-refractivity contribution in [2.45, 2.75) is 19.8 Å². The van der Waals surface area contributed by atoms with Gasteiger partial charge >= 0.3 is 23.9 Å². The maximum absolute atomic E-state index is 5.14. The van der Waals surface area contributed by atoms with E-state index in [1.54, 1.807) is 0 Å². The van der Waals surface area contributed by atoms with Gasteiger partial charge in [-0.1, -0.05) is 13.3 Å². The summed E-state index contributed by atoms with van der Waals surface area (Å²) in [7, 11) is 1.50. The molecule has 4 N–H and O–H groups in total. The Morgan fingerprint density at radius 1 is 1.22 bits per heavy atom. The van der Waals surface area contributed by atoms with Gasteiger partial charge in [0, 0.05) is 0 Å². The van der Waals surface area contributed by atoms with Crippen LogP contribution in [0.5, 0.6) is 0 Å². The van der Waals surface area contributed by atoms with Crippen LogP contribution in [0.3, 0.4) is 0 Å². The summed E-state index contributed by atoms with van der Waals surface area (Å²) in [4.78, 5) is 0. The Kier molecular flexibility index (Phi) is 84.9. The predicted octanol–water partition coefficient (Wildman–Crippen LogP) is 0.0219. The summed E-state index contributed by atoms with van der Waals surface area (Å²) in [5, 5.41) is 0. The topological polar surface area (TPSA) is 52.0 Å². The number of hydrogen-bond donors (Lipinski definition) is 2. The van der Waals surface area contributed by atoms with Crippen LogP contribution in [0.2, 0.25) is 0 Å². The van der Waals surface area contributed by atoms with Gasteiger partial charge in [-0.2, -0.15) is 0 Å². The van der Waals surface area contributed by atoms with Crippen LogP contribution in [-0.2, 0) is 0 Å². The molecule has 0 aliphatic rings. The van der Waals surface area contributed by atoms with Crippen molar-refractivity contribution in [3.8, 4) is 0 Å². The molecule has 0 amide bonds. The number of rotatable bonds is 2. The van der Waals surface area contributed by atoms with Crippen LogP contribution in [0, 0.1) is 0 Å². The summed E-state index contributed by atoms with van der Waals surface area (Å²) in [6.45, 7) is 2.98. The van der Waals surface area contributed by atoms with E-state index in [9.17, 15) is 0 Å². The second kappa shape index (κ2) is 34.1. The van der Waals surface area contributed by atoms with Gasteiger partial charge in [-0.3, -0.25) is 0 Å². The van der Waals surface area contributed by atoms with E-state index in [2.05, 4.69) is 12.7 Å². The molecule has 0 aliphatic heterocycles. The van der Waals surface area contributed by atoms with Crippen LogP contribution in [0.1, 0.15) is 19.8 Å². The molecule has 0 fully saturated rings. The van der Waals surface area contributed by atoms with Crippen molar-refractivity contribution in [3.63, 3.8) is 0 Å². The van der Waals surface area contributed by atoms with Gasteiger partial charge in [0.1, 0.15) is 0 Å². The molecule has 4 heteroatoms. The molecule has 0 saturated heterocycles. The van der Waals surface area contributed by atoms with Gasteiger partial charge in [0.05, 0.1) is 0 Å². The van der Waals surface area contributed by atoms with E-state index >= 15 is 0 Å². The number of hydrogen-bond acceptors (Lipinski definition) is 2. The average molecular weight is 353 g/mol. The molecule has 0 unspecified atom stereocenters. The van der Waals surface area contributed by atoms with Crippen LogP contribution in [0.15, 0.2) is 0 Å². The first-order valence-electron chi connectivity index (χ1n) is 2.69. The minimum absolute atomic E-state index is 0. The van der Waals surface area contributed by atoms with Crippen molar-refractivity contribution in [2.24, 2.45) is 11.5 Å². The van der Waals surface area contributed by atoms with Crippen molar-refractivity contribution in [1.29, 1.82) is 0 Å². The third kappa shape index (κ3) is 44.1. The van der Waals surface area contributed by atoms with Crippen molar-refractivity contribution < 1.29 is 0 Å². The first-order chi connectivity index (χ1) is 3.41. The first kappa shape index (κ1) is 22.4. The Bertz CT molecular complexity index is 22.4. The van der Waals surface area contributed by atoms with Crippen LogP contribution in [-0.4, -0.2) is 37.5 Å². The fourth-order valence-corrected chi connectivity index (χ4v) is 0.204. The molecule has 60 valence electrons. The normalized spacial score (nSPS) is 5.33. The van der Waals surface area contributed by atoms with Gasteiger partial charge in [0.2, 0.25) is 0 Å². The first-order valence-corrected chi connectivity index (χ1v) is 2.69. The fraction of sp³-hybridized carbons (Fsp3) is 1.00. The van der Waals surface area contributed by atoms with E-state index in [-0.39, 0.29) is 47.9 Å². The Balaban J connectivity index is -0.0000000286. The van der Waals surface area contributed by atoms with Crippen LogP contribution >= 0.6 is 24.0 Å². The van der Waals surface area contributed by atoms with Gasteiger partial charge in [-0.25, -0.2) is 0 Å². The number of unbranched alkanes of at least 4 members (excludes halogenated alkanes) is 1. The molecule has 9 heavy (non-hydrogen) atoms. The molecular weight excluding hydrogens is 334 g/mol. The molecule has 0 bridgehead atoms. The van der Waals surface area contributed by atoms with Crippen LogP contribution in [0.25, 0.3) is 0 Å². The molecule has 0 heterocycles. The average Bonchev–Trinajstić information content (AvgIpc) is 1.75. The zero-order valence-corrected chi connectivity index (χ0v) is 12.8. The summed E-state index contributed by atoms with van der Waals surface area (Å²) in [5.74, 6) is 0. The van der Waals surface area contributed by atoms with Crippen LogP contribution < -0.4 is 11.5 Å². The Morgan fingerprint density at radius 2 is 1.56 bits per heavy atom. The van der Waals surface area contributed by atoms with Gasteiger partial charge in [-0.05, 0) is 20.0 Å².